The largest absolute Gasteiger partial charge is 0.378 e. The van der Waals surface area contributed by atoms with Crippen LogP contribution in [0.3, 0.4) is 0 Å². The molecule has 3 aliphatic rings. The van der Waals surface area contributed by atoms with E-state index in [1.807, 2.05) is 35.2 Å². The molecule has 5 rings (SSSR count). The summed E-state index contributed by atoms with van der Waals surface area (Å²) >= 11 is 12.9. The van der Waals surface area contributed by atoms with E-state index in [9.17, 15) is 4.79 Å². The molecule has 2 heterocycles. The first-order valence-corrected chi connectivity index (χ1v) is 10.8. The van der Waals surface area contributed by atoms with Crippen molar-refractivity contribution in [2.45, 2.75) is 18.4 Å². The van der Waals surface area contributed by atoms with E-state index in [2.05, 4.69) is 23.5 Å². The fraction of sp³-hybridized carbons (Fsp3) is 0.348. The summed E-state index contributed by atoms with van der Waals surface area (Å²) in [7, 11) is 0. The summed E-state index contributed by atoms with van der Waals surface area (Å²) in [5.41, 5.74) is 3.79. The molecule has 0 bridgehead atoms. The van der Waals surface area contributed by atoms with Gasteiger partial charge in [0, 0.05) is 19.0 Å². The number of fused-ring (bicyclic) bond motifs is 3. The van der Waals surface area contributed by atoms with Crippen LogP contribution in [-0.4, -0.2) is 37.1 Å². The zero-order chi connectivity index (χ0) is 20.0. The highest BCUT2D eigenvalue weighted by molar-refractivity contribution is 6.42. The third-order valence-corrected chi connectivity index (χ3v) is 7.08. The van der Waals surface area contributed by atoms with E-state index >= 15 is 0 Å². The number of nitrogens with one attached hydrogen (secondary N) is 1. The van der Waals surface area contributed by atoms with Gasteiger partial charge in [0.15, 0.2) is 0 Å². The van der Waals surface area contributed by atoms with Crippen molar-refractivity contribution < 1.29 is 9.53 Å². The quantitative estimate of drug-likeness (QED) is 0.660. The molecule has 2 aliphatic heterocycles. The number of anilines is 1. The Morgan fingerprint density at radius 2 is 1.83 bits per heavy atom. The number of hydrogen-bond acceptors (Lipinski definition) is 3. The Labute approximate surface area is 180 Å². The zero-order valence-electron chi connectivity index (χ0n) is 15.9. The Morgan fingerprint density at radius 3 is 2.66 bits per heavy atom. The third-order valence-electron chi connectivity index (χ3n) is 6.24. The average molecular weight is 429 g/mol. The van der Waals surface area contributed by atoms with Crippen molar-refractivity contribution in [2.75, 3.05) is 31.6 Å². The first kappa shape index (κ1) is 19.0. The van der Waals surface area contributed by atoms with Gasteiger partial charge < -0.3 is 15.0 Å². The van der Waals surface area contributed by atoms with Gasteiger partial charge in [0.2, 0.25) is 0 Å². The third kappa shape index (κ3) is 3.24. The standard InChI is InChI=1S/C23H22Cl2N2O2/c24-19-9-3-7-17(20(19)25)21-15-5-1-4-14(15)16-6-2-8-18(22(16)26-21)23(28)27-10-12-29-13-11-27/h1-4,6-9,14-15,21,26H,5,10-13H2. The van der Waals surface area contributed by atoms with Crippen molar-refractivity contribution in [3.05, 3.63) is 75.3 Å². The minimum atomic E-state index is -0.00709. The Hall–Kier alpha value is -2.01. The molecule has 3 atom stereocenters. The number of hydrogen-bond donors (Lipinski definition) is 1. The zero-order valence-corrected chi connectivity index (χ0v) is 17.4. The van der Waals surface area contributed by atoms with Crippen molar-refractivity contribution >= 4 is 34.8 Å². The Morgan fingerprint density at radius 1 is 1.07 bits per heavy atom. The SMILES string of the molecule is O=C(c1cccc2c1NC(c1cccc(Cl)c1Cl)C1CC=CC21)N1CCOCC1. The molecule has 1 N–H and O–H groups in total. The number of halogens is 2. The van der Waals surface area contributed by atoms with Crippen LogP contribution in [0, 0.1) is 5.92 Å². The lowest BCUT2D eigenvalue weighted by molar-refractivity contribution is 0.0303. The monoisotopic (exact) mass is 428 g/mol. The molecular formula is C23H22Cl2N2O2. The summed E-state index contributed by atoms with van der Waals surface area (Å²) in [6, 6.07) is 11.8. The van der Waals surface area contributed by atoms with E-state index in [4.69, 9.17) is 27.9 Å². The Kier molecular flexibility index (Phi) is 5.02. The molecule has 2 aromatic carbocycles. The smallest absolute Gasteiger partial charge is 0.256 e. The van der Waals surface area contributed by atoms with E-state index in [0.717, 1.165) is 17.7 Å². The molecule has 1 amide bonds. The predicted molar refractivity (Wildman–Crippen MR) is 116 cm³/mol. The second-order valence-corrected chi connectivity index (χ2v) is 8.58. The minimum absolute atomic E-state index is 0.00709. The molecule has 29 heavy (non-hydrogen) atoms. The molecule has 0 radical (unpaired) electrons. The summed E-state index contributed by atoms with van der Waals surface area (Å²) in [5.74, 6) is 0.643. The lowest BCUT2D eigenvalue weighted by Gasteiger charge is -2.39. The number of nitrogens with zero attached hydrogens (tertiary/aromatic N) is 1. The first-order valence-electron chi connectivity index (χ1n) is 10.0. The van der Waals surface area contributed by atoms with Crippen LogP contribution >= 0.6 is 23.2 Å². The van der Waals surface area contributed by atoms with Crippen LogP contribution in [0.5, 0.6) is 0 Å². The first-order chi connectivity index (χ1) is 14.1. The van der Waals surface area contributed by atoms with Gasteiger partial charge in [-0.25, -0.2) is 0 Å². The highest BCUT2D eigenvalue weighted by Crippen LogP contribution is 2.52. The number of amides is 1. The van der Waals surface area contributed by atoms with Gasteiger partial charge in [-0.1, -0.05) is 59.6 Å². The van der Waals surface area contributed by atoms with Gasteiger partial charge >= 0.3 is 0 Å². The Bertz CT molecular complexity index is 985. The van der Waals surface area contributed by atoms with E-state index < -0.39 is 0 Å². The van der Waals surface area contributed by atoms with Crippen LogP contribution in [0.1, 0.15) is 39.9 Å². The Balaban J connectivity index is 1.58. The molecule has 1 fully saturated rings. The van der Waals surface area contributed by atoms with Gasteiger partial charge in [-0.3, -0.25) is 4.79 Å². The number of para-hydroxylation sites is 1. The summed E-state index contributed by atoms with van der Waals surface area (Å²) in [6.45, 7) is 2.42. The fourth-order valence-corrected chi connectivity index (χ4v) is 5.23. The highest BCUT2D eigenvalue weighted by atomic mass is 35.5. The van der Waals surface area contributed by atoms with Gasteiger partial charge in [-0.15, -0.1) is 0 Å². The van der Waals surface area contributed by atoms with E-state index in [-0.39, 0.29) is 17.9 Å². The lowest BCUT2D eigenvalue weighted by Crippen LogP contribution is -2.41. The van der Waals surface area contributed by atoms with E-state index in [1.165, 1.54) is 5.56 Å². The summed E-state index contributed by atoms with van der Waals surface area (Å²) in [5, 5.41) is 4.81. The van der Waals surface area contributed by atoms with Crippen molar-refractivity contribution in [2.24, 2.45) is 5.92 Å². The summed E-state index contributed by atoms with van der Waals surface area (Å²) < 4.78 is 5.41. The minimum Gasteiger partial charge on any atom is -0.378 e. The molecule has 4 nitrogen and oxygen atoms in total. The molecule has 150 valence electrons. The molecule has 0 saturated carbocycles. The van der Waals surface area contributed by atoms with Crippen LogP contribution in [-0.2, 0) is 4.74 Å². The average Bonchev–Trinajstić information content (AvgIpc) is 3.25. The number of allylic oxidation sites excluding steroid dienone is 2. The van der Waals surface area contributed by atoms with Crippen LogP contribution in [0.25, 0.3) is 0 Å². The van der Waals surface area contributed by atoms with E-state index in [0.29, 0.717) is 47.8 Å². The second kappa shape index (κ2) is 7.67. The predicted octanol–water partition coefficient (Wildman–Crippen LogP) is 5.29. The number of morpholine rings is 1. The molecule has 1 saturated heterocycles. The topological polar surface area (TPSA) is 41.6 Å². The van der Waals surface area contributed by atoms with Gasteiger partial charge in [0.1, 0.15) is 0 Å². The van der Waals surface area contributed by atoms with Crippen molar-refractivity contribution in [1.29, 1.82) is 0 Å². The summed E-state index contributed by atoms with van der Waals surface area (Å²) in [6.07, 6.45) is 5.46. The maximum atomic E-state index is 13.3. The van der Waals surface area contributed by atoms with Crippen LogP contribution in [0.15, 0.2) is 48.6 Å². The maximum Gasteiger partial charge on any atom is 0.256 e. The number of rotatable bonds is 2. The van der Waals surface area contributed by atoms with Crippen molar-refractivity contribution in [3.8, 4) is 0 Å². The number of ether oxygens (including phenoxy) is 1. The van der Waals surface area contributed by atoms with Crippen molar-refractivity contribution in [1.82, 2.24) is 4.90 Å². The molecule has 0 spiro atoms. The molecule has 1 aliphatic carbocycles. The lowest BCUT2D eigenvalue weighted by atomic mass is 9.76. The summed E-state index contributed by atoms with van der Waals surface area (Å²) in [4.78, 5) is 15.2. The number of benzene rings is 2. The van der Waals surface area contributed by atoms with E-state index in [1.54, 1.807) is 0 Å². The highest BCUT2D eigenvalue weighted by Gasteiger charge is 2.40. The molecule has 3 unspecified atom stereocenters. The molecule has 6 heteroatoms. The van der Waals surface area contributed by atoms with Crippen LogP contribution < -0.4 is 5.32 Å². The van der Waals surface area contributed by atoms with Gasteiger partial charge in [-0.2, -0.15) is 0 Å². The maximum absolute atomic E-state index is 13.3. The normalized spacial score (nSPS) is 25.3. The van der Waals surface area contributed by atoms with Gasteiger partial charge in [-0.05, 0) is 35.6 Å². The van der Waals surface area contributed by atoms with Crippen molar-refractivity contribution in [3.63, 3.8) is 0 Å². The van der Waals surface area contributed by atoms with Crippen LogP contribution in [0.4, 0.5) is 5.69 Å². The number of carbonyl (C=O) groups excluding carboxylic acids is 1. The molecular weight excluding hydrogens is 407 g/mol. The number of carbonyl (C=O) groups is 1. The fourth-order valence-electron chi connectivity index (χ4n) is 4.81. The molecule has 0 aromatic heterocycles. The van der Waals surface area contributed by atoms with Gasteiger partial charge in [0.25, 0.3) is 5.91 Å². The van der Waals surface area contributed by atoms with Gasteiger partial charge in [0.05, 0.1) is 40.6 Å². The second-order valence-electron chi connectivity index (χ2n) is 7.79. The molecule has 2 aromatic rings. The van der Waals surface area contributed by atoms with Crippen LogP contribution in [0.2, 0.25) is 10.0 Å².